The van der Waals surface area contributed by atoms with Crippen molar-refractivity contribution >= 4 is 23.5 Å². The van der Waals surface area contributed by atoms with E-state index in [0.717, 1.165) is 25.0 Å². The molecule has 1 saturated heterocycles. The van der Waals surface area contributed by atoms with E-state index in [2.05, 4.69) is 4.74 Å². The first kappa shape index (κ1) is 19.7. The van der Waals surface area contributed by atoms with Crippen molar-refractivity contribution in [3.63, 3.8) is 0 Å². The molecule has 0 saturated carbocycles. The zero-order valence-electron chi connectivity index (χ0n) is 14.1. The van der Waals surface area contributed by atoms with Crippen LogP contribution in [0, 0.1) is 5.92 Å². The van der Waals surface area contributed by atoms with Crippen molar-refractivity contribution in [2.24, 2.45) is 5.92 Å². The Hall–Kier alpha value is -2.58. The number of alkyl halides is 3. The van der Waals surface area contributed by atoms with Crippen LogP contribution in [0.15, 0.2) is 24.3 Å². The molecule has 1 fully saturated rings. The smallest absolute Gasteiger partial charge is 0.418 e. The topological polar surface area (TPSA) is 75.7 Å². The molecule has 1 atom stereocenters. The number of likely N-dealkylation sites (tertiary alicyclic amines) is 1. The molecule has 0 aromatic heterocycles. The van der Waals surface area contributed by atoms with Crippen molar-refractivity contribution in [2.45, 2.75) is 25.9 Å². The highest BCUT2D eigenvalue weighted by Gasteiger charge is 2.33. The average molecular weight is 372 g/mol. The van der Waals surface area contributed by atoms with Crippen molar-refractivity contribution in [3.05, 3.63) is 29.8 Å². The molecule has 6 nitrogen and oxygen atoms in total. The molecule has 1 heterocycles. The van der Waals surface area contributed by atoms with E-state index in [1.54, 1.807) is 0 Å². The predicted molar refractivity (Wildman–Crippen MR) is 86.0 cm³/mol. The maximum atomic E-state index is 12.9. The quantitative estimate of drug-likeness (QED) is 0.653. The number of hydrogen-bond donors (Lipinski definition) is 1. The summed E-state index contributed by atoms with van der Waals surface area (Å²) >= 11 is 0. The maximum absolute atomic E-state index is 12.9. The number of benzene rings is 1. The van der Waals surface area contributed by atoms with Gasteiger partial charge in [0.1, 0.15) is 0 Å². The van der Waals surface area contributed by atoms with E-state index in [1.165, 1.54) is 17.0 Å². The molecule has 1 aromatic rings. The van der Waals surface area contributed by atoms with Crippen molar-refractivity contribution in [1.82, 2.24) is 4.90 Å². The fourth-order valence-electron chi connectivity index (χ4n) is 2.72. The molecule has 1 N–H and O–H groups in total. The summed E-state index contributed by atoms with van der Waals surface area (Å²) in [5.74, 6) is -2.74. The van der Waals surface area contributed by atoms with Crippen LogP contribution < -0.4 is 5.32 Å². The highest BCUT2D eigenvalue weighted by atomic mass is 19.4. The molecule has 0 spiro atoms. The van der Waals surface area contributed by atoms with Gasteiger partial charge in [0, 0.05) is 13.1 Å². The van der Waals surface area contributed by atoms with Crippen LogP contribution in [0.25, 0.3) is 0 Å². The second-order valence-corrected chi connectivity index (χ2v) is 6.17. The lowest BCUT2D eigenvalue weighted by molar-refractivity contribution is -0.162. The number of piperidine rings is 1. The third-order valence-corrected chi connectivity index (χ3v) is 3.96. The first-order chi connectivity index (χ1) is 12.2. The maximum Gasteiger partial charge on any atom is 0.418 e. The Bertz CT molecular complexity index is 691. The number of nitrogens with one attached hydrogen (secondary N) is 1. The van der Waals surface area contributed by atoms with Gasteiger partial charge < -0.3 is 15.0 Å². The lowest BCUT2D eigenvalue weighted by Crippen LogP contribution is -2.43. The van der Waals surface area contributed by atoms with Gasteiger partial charge in [-0.1, -0.05) is 19.1 Å². The van der Waals surface area contributed by atoms with Gasteiger partial charge in [0.05, 0.1) is 11.3 Å². The molecule has 142 valence electrons. The second-order valence-electron chi connectivity index (χ2n) is 6.17. The molecule has 2 rings (SSSR count). The molecule has 0 bridgehead atoms. The van der Waals surface area contributed by atoms with Gasteiger partial charge in [-0.05, 0) is 30.9 Å². The number of rotatable bonds is 3. The summed E-state index contributed by atoms with van der Waals surface area (Å²) < 4.78 is 43.2. The van der Waals surface area contributed by atoms with Gasteiger partial charge in [-0.15, -0.1) is 0 Å². The third-order valence-electron chi connectivity index (χ3n) is 3.96. The summed E-state index contributed by atoms with van der Waals surface area (Å²) in [5, 5.41) is 2.04. The Morgan fingerprint density at radius 2 is 1.96 bits per heavy atom. The van der Waals surface area contributed by atoms with Gasteiger partial charge in [0.15, 0.2) is 6.61 Å². The Kier molecular flexibility index (Phi) is 6.23. The SMILES string of the molecule is CC1CCCN(C(=O)C(=O)OCC(=O)Nc2ccccc2C(F)(F)F)C1. The van der Waals surface area contributed by atoms with Crippen LogP contribution in [0.5, 0.6) is 0 Å². The van der Waals surface area contributed by atoms with Crippen molar-refractivity contribution < 1.29 is 32.3 Å². The number of para-hydroxylation sites is 1. The average Bonchev–Trinajstić information content (AvgIpc) is 2.58. The van der Waals surface area contributed by atoms with Gasteiger partial charge in [-0.3, -0.25) is 9.59 Å². The van der Waals surface area contributed by atoms with Gasteiger partial charge in [-0.2, -0.15) is 13.2 Å². The van der Waals surface area contributed by atoms with E-state index >= 15 is 0 Å². The first-order valence-corrected chi connectivity index (χ1v) is 8.10. The van der Waals surface area contributed by atoms with Crippen LogP contribution in [-0.4, -0.2) is 42.4 Å². The summed E-state index contributed by atoms with van der Waals surface area (Å²) in [7, 11) is 0. The molecule has 1 aliphatic heterocycles. The van der Waals surface area contributed by atoms with E-state index in [1.807, 2.05) is 12.2 Å². The molecule has 9 heteroatoms. The Morgan fingerprint density at radius 1 is 1.27 bits per heavy atom. The number of carbonyl (C=O) groups is 3. The molecular formula is C17H19F3N2O4. The van der Waals surface area contributed by atoms with E-state index in [-0.39, 0.29) is 5.92 Å². The monoisotopic (exact) mass is 372 g/mol. The number of halogens is 3. The lowest BCUT2D eigenvalue weighted by atomic mass is 10.0. The van der Waals surface area contributed by atoms with Crippen LogP contribution in [0.3, 0.4) is 0 Å². The fourth-order valence-corrected chi connectivity index (χ4v) is 2.72. The fraction of sp³-hybridized carbons (Fsp3) is 0.471. The van der Waals surface area contributed by atoms with E-state index in [0.29, 0.717) is 13.1 Å². The van der Waals surface area contributed by atoms with Crippen molar-refractivity contribution in [1.29, 1.82) is 0 Å². The molecule has 1 unspecified atom stereocenters. The molecule has 0 radical (unpaired) electrons. The molecule has 2 amide bonds. The molecule has 1 aromatic carbocycles. The summed E-state index contributed by atoms with van der Waals surface area (Å²) in [5.41, 5.74) is -1.46. The number of ether oxygens (including phenoxy) is 1. The first-order valence-electron chi connectivity index (χ1n) is 8.10. The van der Waals surface area contributed by atoms with E-state index in [9.17, 15) is 27.6 Å². The normalized spacial score (nSPS) is 17.5. The zero-order chi connectivity index (χ0) is 19.3. The largest absolute Gasteiger partial charge is 0.448 e. The Labute approximate surface area is 148 Å². The minimum atomic E-state index is -4.64. The molecular weight excluding hydrogens is 353 g/mol. The number of hydrogen-bond acceptors (Lipinski definition) is 4. The van der Waals surface area contributed by atoms with Crippen molar-refractivity contribution in [2.75, 3.05) is 25.0 Å². The number of amides is 2. The van der Waals surface area contributed by atoms with Gasteiger partial charge in [0.25, 0.3) is 5.91 Å². The number of esters is 1. The van der Waals surface area contributed by atoms with Crippen LogP contribution in [0.1, 0.15) is 25.3 Å². The highest BCUT2D eigenvalue weighted by Crippen LogP contribution is 2.34. The Morgan fingerprint density at radius 3 is 2.62 bits per heavy atom. The number of carbonyl (C=O) groups excluding carboxylic acids is 3. The van der Waals surface area contributed by atoms with Crippen molar-refractivity contribution in [3.8, 4) is 0 Å². The highest BCUT2D eigenvalue weighted by molar-refractivity contribution is 6.32. The van der Waals surface area contributed by atoms with E-state index < -0.39 is 41.8 Å². The Balaban J connectivity index is 1.89. The van der Waals surface area contributed by atoms with Crippen LogP contribution >= 0.6 is 0 Å². The zero-order valence-corrected chi connectivity index (χ0v) is 14.1. The standard InChI is InChI=1S/C17H19F3N2O4/c1-11-5-4-8-22(9-11)15(24)16(25)26-10-14(23)21-13-7-3-2-6-12(13)17(18,19)20/h2-3,6-7,11H,4-5,8-10H2,1H3,(H,21,23). The third kappa shape index (κ3) is 5.21. The van der Waals surface area contributed by atoms with Crippen LogP contribution in [0.4, 0.5) is 18.9 Å². The number of anilines is 1. The van der Waals surface area contributed by atoms with Gasteiger partial charge in [-0.25, -0.2) is 4.79 Å². The van der Waals surface area contributed by atoms with Gasteiger partial charge in [0.2, 0.25) is 0 Å². The minimum Gasteiger partial charge on any atom is -0.448 e. The summed E-state index contributed by atoms with van der Waals surface area (Å²) in [6, 6.07) is 4.43. The summed E-state index contributed by atoms with van der Waals surface area (Å²) in [4.78, 5) is 36.9. The van der Waals surface area contributed by atoms with Crippen LogP contribution in [-0.2, 0) is 25.3 Å². The van der Waals surface area contributed by atoms with Gasteiger partial charge >= 0.3 is 18.1 Å². The molecule has 0 aliphatic carbocycles. The predicted octanol–water partition coefficient (Wildman–Crippen LogP) is 2.45. The lowest BCUT2D eigenvalue weighted by Gasteiger charge is -2.29. The van der Waals surface area contributed by atoms with Crippen LogP contribution in [0.2, 0.25) is 0 Å². The second kappa shape index (κ2) is 8.20. The van der Waals surface area contributed by atoms with E-state index in [4.69, 9.17) is 0 Å². The summed E-state index contributed by atoms with van der Waals surface area (Å²) in [6.07, 6.45) is -2.91. The summed E-state index contributed by atoms with van der Waals surface area (Å²) in [6.45, 7) is 1.97. The number of nitrogens with zero attached hydrogens (tertiary/aromatic N) is 1. The molecule has 26 heavy (non-hydrogen) atoms. The minimum absolute atomic E-state index is 0.266. The molecule has 1 aliphatic rings.